The highest BCUT2D eigenvalue weighted by molar-refractivity contribution is 5.92. The van der Waals surface area contributed by atoms with Gasteiger partial charge in [0, 0.05) is 6.54 Å². The second-order valence-electron chi connectivity index (χ2n) is 6.74. The van der Waals surface area contributed by atoms with Crippen molar-refractivity contribution in [1.82, 2.24) is 10.6 Å². The highest BCUT2D eigenvalue weighted by atomic mass is 16.4. The van der Waals surface area contributed by atoms with E-state index in [-0.39, 0.29) is 31.3 Å². The molecule has 0 bridgehead atoms. The van der Waals surface area contributed by atoms with Crippen LogP contribution in [0.1, 0.15) is 39.5 Å². The molecule has 0 aliphatic heterocycles. The molecule has 2 amide bonds. The van der Waals surface area contributed by atoms with Gasteiger partial charge in [-0.3, -0.25) is 19.4 Å². The van der Waals surface area contributed by atoms with Gasteiger partial charge in [-0.2, -0.15) is 0 Å². The van der Waals surface area contributed by atoms with Gasteiger partial charge in [-0.1, -0.05) is 13.8 Å². The standard InChI is InChI=1S/C16H30N6O6/c1-8(2)6-11(22-13(25)9(17)7-12(23)24)14(26)21-10(15(27)28)4-3-5-20-16(18)19/h8-11H,3-7,17H2,1-2H3,(H,21,26)(H,22,25)(H,23,24)(H,27,28)(H4,18,19,20). The number of amides is 2. The van der Waals surface area contributed by atoms with Crippen LogP contribution < -0.4 is 27.8 Å². The Bertz CT molecular complexity index is 590. The highest BCUT2D eigenvalue weighted by Gasteiger charge is 2.28. The summed E-state index contributed by atoms with van der Waals surface area (Å²) in [6.07, 6.45) is 0.0284. The number of carbonyl (C=O) groups is 4. The van der Waals surface area contributed by atoms with E-state index < -0.39 is 48.3 Å². The van der Waals surface area contributed by atoms with Crippen LogP contribution in [0.5, 0.6) is 0 Å². The van der Waals surface area contributed by atoms with Gasteiger partial charge in [-0.25, -0.2) is 4.79 Å². The summed E-state index contributed by atoms with van der Waals surface area (Å²) < 4.78 is 0. The van der Waals surface area contributed by atoms with E-state index >= 15 is 0 Å². The van der Waals surface area contributed by atoms with Crippen molar-refractivity contribution in [2.24, 2.45) is 28.1 Å². The Balaban J connectivity index is 5.00. The summed E-state index contributed by atoms with van der Waals surface area (Å²) in [7, 11) is 0. The summed E-state index contributed by atoms with van der Waals surface area (Å²) in [4.78, 5) is 50.3. The molecule has 0 fully saturated rings. The van der Waals surface area contributed by atoms with Gasteiger partial charge in [-0.15, -0.1) is 0 Å². The molecule has 0 aromatic rings. The number of hydrogen-bond donors (Lipinski definition) is 7. The maximum absolute atomic E-state index is 12.5. The molecular weight excluding hydrogens is 372 g/mol. The first-order valence-corrected chi connectivity index (χ1v) is 8.80. The van der Waals surface area contributed by atoms with Crippen molar-refractivity contribution in [2.75, 3.05) is 6.54 Å². The number of carboxylic acids is 2. The Morgan fingerprint density at radius 1 is 1.00 bits per heavy atom. The monoisotopic (exact) mass is 402 g/mol. The Hall–Kier alpha value is -2.89. The van der Waals surface area contributed by atoms with Crippen molar-refractivity contribution in [3.8, 4) is 0 Å². The number of rotatable bonds is 13. The van der Waals surface area contributed by atoms with Crippen LogP contribution in [0.25, 0.3) is 0 Å². The molecular formula is C16H30N6O6. The molecule has 10 N–H and O–H groups in total. The SMILES string of the molecule is CC(C)CC(NC(=O)C(N)CC(=O)O)C(=O)NC(CCCN=C(N)N)C(=O)O. The number of nitrogens with two attached hydrogens (primary N) is 3. The normalized spacial score (nSPS) is 13.9. The second kappa shape index (κ2) is 12.5. The molecule has 0 saturated carbocycles. The van der Waals surface area contributed by atoms with Gasteiger partial charge >= 0.3 is 11.9 Å². The lowest BCUT2D eigenvalue weighted by Gasteiger charge is -2.23. The molecule has 160 valence electrons. The van der Waals surface area contributed by atoms with Gasteiger partial charge in [-0.05, 0) is 25.2 Å². The summed E-state index contributed by atoms with van der Waals surface area (Å²) in [5, 5.41) is 22.8. The minimum Gasteiger partial charge on any atom is -0.481 e. The van der Waals surface area contributed by atoms with Crippen LogP contribution >= 0.6 is 0 Å². The van der Waals surface area contributed by atoms with Crippen molar-refractivity contribution < 1.29 is 29.4 Å². The largest absolute Gasteiger partial charge is 0.481 e. The predicted molar refractivity (Wildman–Crippen MR) is 101 cm³/mol. The van der Waals surface area contributed by atoms with Gasteiger partial charge in [0.1, 0.15) is 12.1 Å². The first-order chi connectivity index (χ1) is 12.9. The Morgan fingerprint density at radius 3 is 2.04 bits per heavy atom. The van der Waals surface area contributed by atoms with E-state index in [1.54, 1.807) is 0 Å². The molecule has 3 unspecified atom stereocenters. The van der Waals surface area contributed by atoms with E-state index in [4.69, 9.17) is 22.3 Å². The van der Waals surface area contributed by atoms with Crippen LogP contribution in [-0.2, 0) is 19.2 Å². The molecule has 0 heterocycles. The minimum atomic E-state index is -1.32. The highest BCUT2D eigenvalue weighted by Crippen LogP contribution is 2.07. The van der Waals surface area contributed by atoms with Gasteiger partial charge in [0.25, 0.3) is 0 Å². The van der Waals surface area contributed by atoms with Crippen LogP contribution in [0, 0.1) is 5.92 Å². The molecule has 0 aliphatic carbocycles. The van der Waals surface area contributed by atoms with E-state index in [0.29, 0.717) is 6.42 Å². The maximum Gasteiger partial charge on any atom is 0.326 e. The van der Waals surface area contributed by atoms with Crippen LogP contribution in [0.4, 0.5) is 0 Å². The van der Waals surface area contributed by atoms with Crippen molar-refractivity contribution in [3.63, 3.8) is 0 Å². The van der Waals surface area contributed by atoms with Crippen molar-refractivity contribution in [3.05, 3.63) is 0 Å². The van der Waals surface area contributed by atoms with Crippen LogP contribution in [-0.4, -0.2) is 64.6 Å². The number of aliphatic imine (C=N–C) groups is 1. The molecule has 0 aromatic heterocycles. The molecule has 12 heteroatoms. The molecule has 0 aromatic carbocycles. The van der Waals surface area contributed by atoms with Crippen molar-refractivity contribution >= 4 is 29.7 Å². The maximum atomic E-state index is 12.5. The number of carbonyl (C=O) groups excluding carboxylic acids is 2. The third kappa shape index (κ3) is 11.0. The lowest BCUT2D eigenvalue weighted by Crippen LogP contribution is -2.55. The van der Waals surface area contributed by atoms with Gasteiger partial charge in [0.05, 0.1) is 12.5 Å². The molecule has 12 nitrogen and oxygen atoms in total. The van der Waals surface area contributed by atoms with Crippen LogP contribution in [0.15, 0.2) is 4.99 Å². The lowest BCUT2D eigenvalue weighted by atomic mass is 10.0. The first-order valence-electron chi connectivity index (χ1n) is 8.80. The summed E-state index contributed by atoms with van der Waals surface area (Å²) >= 11 is 0. The van der Waals surface area contributed by atoms with Crippen LogP contribution in [0.3, 0.4) is 0 Å². The Morgan fingerprint density at radius 2 is 1.57 bits per heavy atom. The number of nitrogens with one attached hydrogen (secondary N) is 2. The van der Waals surface area contributed by atoms with Gasteiger partial charge < -0.3 is 38.0 Å². The number of carboxylic acid groups (broad SMARTS) is 2. The van der Waals surface area contributed by atoms with E-state index in [9.17, 15) is 24.3 Å². The lowest BCUT2D eigenvalue weighted by molar-refractivity contribution is -0.143. The zero-order valence-corrected chi connectivity index (χ0v) is 16.1. The Labute approximate surface area is 162 Å². The molecule has 3 atom stereocenters. The second-order valence-corrected chi connectivity index (χ2v) is 6.74. The molecule has 0 aliphatic rings. The summed E-state index contributed by atoms with van der Waals surface area (Å²) in [5.41, 5.74) is 15.9. The fourth-order valence-corrected chi connectivity index (χ4v) is 2.30. The third-order valence-electron chi connectivity index (χ3n) is 3.63. The first kappa shape index (κ1) is 25.1. The van der Waals surface area contributed by atoms with Crippen molar-refractivity contribution in [1.29, 1.82) is 0 Å². The quantitative estimate of drug-likeness (QED) is 0.102. The minimum absolute atomic E-state index is 0.00288. The summed E-state index contributed by atoms with van der Waals surface area (Å²) in [6.45, 7) is 3.83. The third-order valence-corrected chi connectivity index (χ3v) is 3.63. The number of nitrogens with zero attached hydrogens (tertiary/aromatic N) is 1. The molecule has 28 heavy (non-hydrogen) atoms. The summed E-state index contributed by atoms with van der Waals surface area (Å²) in [6, 6.07) is -3.57. The number of hydrogen-bond acceptors (Lipinski definition) is 6. The van der Waals surface area contributed by atoms with E-state index in [1.807, 2.05) is 13.8 Å². The topological polar surface area (TPSA) is 223 Å². The molecule has 0 radical (unpaired) electrons. The van der Waals surface area contributed by atoms with E-state index in [1.165, 1.54) is 0 Å². The fraction of sp³-hybridized carbons (Fsp3) is 0.688. The van der Waals surface area contributed by atoms with E-state index in [2.05, 4.69) is 15.6 Å². The molecule has 0 saturated heterocycles. The zero-order valence-electron chi connectivity index (χ0n) is 16.1. The average molecular weight is 402 g/mol. The van der Waals surface area contributed by atoms with Gasteiger partial charge in [0.15, 0.2) is 5.96 Å². The van der Waals surface area contributed by atoms with E-state index in [0.717, 1.165) is 0 Å². The number of aliphatic carboxylic acids is 2. The zero-order chi connectivity index (χ0) is 21.9. The predicted octanol–water partition coefficient (Wildman–Crippen LogP) is -2.06. The molecule has 0 spiro atoms. The fourth-order valence-electron chi connectivity index (χ4n) is 2.30. The van der Waals surface area contributed by atoms with Crippen molar-refractivity contribution in [2.45, 2.75) is 57.7 Å². The molecule has 0 rings (SSSR count). The summed E-state index contributed by atoms with van der Waals surface area (Å²) in [5.74, 6) is -4.11. The van der Waals surface area contributed by atoms with Crippen LogP contribution in [0.2, 0.25) is 0 Å². The smallest absolute Gasteiger partial charge is 0.326 e. The average Bonchev–Trinajstić information content (AvgIpc) is 2.55. The Kier molecular flexibility index (Phi) is 11.2. The number of guanidine groups is 1. The van der Waals surface area contributed by atoms with Gasteiger partial charge in [0.2, 0.25) is 11.8 Å².